The van der Waals surface area contributed by atoms with Crippen molar-refractivity contribution < 1.29 is 9.18 Å². The summed E-state index contributed by atoms with van der Waals surface area (Å²) in [6, 6.07) is 8.26. The maximum atomic E-state index is 13.4. The third-order valence-electron chi connectivity index (χ3n) is 3.32. The number of hydrogen-bond donors (Lipinski definition) is 1. The fourth-order valence-electron chi connectivity index (χ4n) is 2.22. The summed E-state index contributed by atoms with van der Waals surface area (Å²) in [6.07, 6.45) is 2.03. The Hall–Kier alpha value is -1.88. The van der Waals surface area contributed by atoms with Crippen molar-refractivity contribution >= 4 is 22.9 Å². The molecule has 5 heteroatoms. The van der Waals surface area contributed by atoms with Gasteiger partial charge in [-0.1, -0.05) is 6.07 Å². The Labute approximate surface area is 120 Å². The van der Waals surface area contributed by atoms with E-state index < -0.39 is 5.82 Å². The lowest BCUT2D eigenvalue weighted by molar-refractivity contribution is 0.0731. The van der Waals surface area contributed by atoms with E-state index in [1.807, 2.05) is 22.4 Å². The molecule has 2 N–H and O–H groups in total. The molecular weight excluding hydrogens is 275 g/mol. The summed E-state index contributed by atoms with van der Waals surface area (Å²) in [5, 5.41) is 1.99. The van der Waals surface area contributed by atoms with E-state index in [0.29, 0.717) is 12.1 Å². The highest BCUT2D eigenvalue weighted by molar-refractivity contribution is 7.09. The first kappa shape index (κ1) is 13.1. The number of nitrogen functional groups attached to an aromatic ring is 1. The quantitative estimate of drug-likeness (QED) is 0.878. The number of rotatable bonds is 4. The largest absolute Gasteiger partial charge is 0.399 e. The third-order valence-corrected chi connectivity index (χ3v) is 4.18. The van der Waals surface area contributed by atoms with Crippen LogP contribution in [0.15, 0.2) is 35.7 Å². The van der Waals surface area contributed by atoms with Gasteiger partial charge in [-0.25, -0.2) is 4.39 Å². The summed E-state index contributed by atoms with van der Waals surface area (Å²) in [5.74, 6) is -0.618. The maximum absolute atomic E-state index is 13.4. The van der Waals surface area contributed by atoms with Gasteiger partial charge in [0.25, 0.3) is 5.91 Å². The second-order valence-electron chi connectivity index (χ2n) is 5.02. The van der Waals surface area contributed by atoms with Crippen LogP contribution in [0.2, 0.25) is 0 Å². The first-order chi connectivity index (χ1) is 9.63. The normalized spacial score (nSPS) is 14.2. The molecule has 0 aliphatic heterocycles. The van der Waals surface area contributed by atoms with Crippen LogP contribution in [0.4, 0.5) is 10.1 Å². The van der Waals surface area contributed by atoms with Crippen LogP contribution in [0, 0.1) is 5.82 Å². The van der Waals surface area contributed by atoms with E-state index in [-0.39, 0.29) is 17.6 Å². The van der Waals surface area contributed by atoms with Crippen LogP contribution < -0.4 is 5.73 Å². The van der Waals surface area contributed by atoms with Crippen molar-refractivity contribution in [3.63, 3.8) is 0 Å². The molecule has 1 aromatic carbocycles. The molecule has 0 radical (unpaired) electrons. The maximum Gasteiger partial charge on any atom is 0.254 e. The fraction of sp³-hybridized carbons (Fsp3) is 0.267. The Morgan fingerprint density at radius 2 is 2.20 bits per heavy atom. The predicted octanol–water partition coefficient (Wildman–Crippen LogP) is 3.27. The van der Waals surface area contributed by atoms with Crippen molar-refractivity contribution in [2.45, 2.75) is 25.4 Å². The van der Waals surface area contributed by atoms with Gasteiger partial charge in [-0.3, -0.25) is 4.79 Å². The smallest absolute Gasteiger partial charge is 0.254 e. The van der Waals surface area contributed by atoms with Gasteiger partial charge in [-0.05, 0) is 42.5 Å². The number of hydrogen-bond acceptors (Lipinski definition) is 3. The van der Waals surface area contributed by atoms with Gasteiger partial charge >= 0.3 is 0 Å². The number of carbonyl (C=O) groups excluding carboxylic acids is 1. The summed E-state index contributed by atoms with van der Waals surface area (Å²) in [5.41, 5.74) is 6.22. The second kappa shape index (κ2) is 5.25. The van der Waals surface area contributed by atoms with E-state index in [0.717, 1.165) is 17.7 Å². The topological polar surface area (TPSA) is 46.3 Å². The minimum atomic E-state index is -0.472. The second-order valence-corrected chi connectivity index (χ2v) is 6.05. The van der Waals surface area contributed by atoms with Gasteiger partial charge in [-0.2, -0.15) is 0 Å². The zero-order valence-electron chi connectivity index (χ0n) is 10.9. The molecule has 104 valence electrons. The van der Waals surface area contributed by atoms with Crippen LogP contribution >= 0.6 is 11.3 Å². The third kappa shape index (κ3) is 2.82. The van der Waals surface area contributed by atoms with Gasteiger partial charge in [0.2, 0.25) is 0 Å². The van der Waals surface area contributed by atoms with Gasteiger partial charge in [0.1, 0.15) is 5.82 Å². The molecule has 0 bridgehead atoms. The number of anilines is 1. The molecular formula is C15H15FN2OS. The Bertz CT molecular complexity index is 603. The van der Waals surface area contributed by atoms with E-state index in [1.54, 1.807) is 11.3 Å². The molecule has 3 rings (SSSR count). The van der Waals surface area contributed by atoms with Gasteiger partial charge in [-0.15, -0.1) is 11.3 Å². The zero-order chi connectivity index (χ0) is 14.1. The average Bonchev–Trinajstić information content (AvgIpc) is 3.11. The lowest BCUT2D eigenvalue weighted by atomic mass is 10.1. The molecule has 2 aromatic rings. The molecule has 1 aliphatic rings. The highest BCUT2D eigenvalue weighted by atomic mass is 32.1. The highest BCUT2D eigenvalue weighted by Crippen LogP contribution is 2.31. The first-order valence-electron chi connectivity index (χ1n) is 6.53. The lowest BCUT2D eigenvalue weighted by Gasteiger charge is -2.22. The molecule has 1 fully saturated rings. The summed E-state index contributed by atoms with van der Waals surface area (Å²) < 4.78 is 13.4. The molecule has 1 saturated carbocycles. The molecule has 0 atom stereocenters. The van der Waals surface area contributed by atoms with Crippen LogP contribution in [-0.2, 0) is 6.54 Å². The van der Waals surface area contributed by atoms with Crippen molar-refractivity contribution in [1.82, 2.24) is 4.90 Å². The first-order valence-corrected chi connectivity index (χ1v) is 7.41. The number of thiophene rings is 1. The summed E-state index contributed by atoms with van der Waals surface area (Å²) in [4.78, 5) is 15.5. The van der Waals surface area contributed by atoms with Crippen molar-refractivity contribution in [2.24, 2.45) is 0 Å². The van der Waals surface area contributed by atoms with Crippen LogP contribution in [0.25, 0.3) is 0 Å². The predicted molar refractivity (Wildman–Crippen MR) is 78.0 cm³/mol. The SMILES string of the molecule is Nc1cc(F)cc(C(=O)N(Cc2cccs2)C2CC2)c1. The molecule has 1 amide bonds. The van der Waals surface area contributed by atoms with E-state index in [9.17, 15) is 9.18 Å². The van der Waals surface area contributed by atoms with Gasteiger partial charge < -0.3 is 10.6 Å². The zero-order valence-corrected chi connectivity index (χ0v) is 11.7. The molecule has 1 aromatic heterocycles. The number of carbonyl (C=O) groups is 1. The number of nitrogens with two attached hydrogens (primary N) is 1. The van der Waals surface area contributed by atoms with Crippen molar-refractivity contribution in [3.05, 3.63) is 52.0 Å². The molecule has 1 aliphatic carbocycles. The van der Waals surface area contributed by atoms with Gasteiger partial charge in [0.15, 0.2) is 0 Å². The van der Waals surface area contributed by atoms with Crippen molar-refractivity contribution in [1.29, 1.82) is 0 Å². The number of benzene rings is 1. The van der Waals surface area contributed by atoms with Crippen LogP contribution in [0.5, 0.6) is 0 Å². The van der Waals surface area contributed by atoms with Crippen LogP contribution in [0.3, 0.4) is 0 Å². The Kier molecular flexibility index (Phi) is 3.44. The monoisotopic (exact) mass is 290 g/mol. The lowest BCUT2D eigenvalue weighted by Crippen LogP contribution is -2.32. The van der Waals surface area contributed by atoms with Crippen LogP contribution in [-0.4, -0.2) is 16.8 Å². The van der Waals surface area contributed by atoms with E-state index in [1.165, 1.54) is 18.2 Å². The summed E-state index contributed by atoms with van der Waals surface area (Å²) in [6.45, 7) is 0.581. The Morgan fingerprint density at radius 1 is 1.40 bits per heavy atom. The molecule has 1 heterocycles. The average molecular weight is 290 g/mol. The number of nitrogens with zero attached hydrogens (tertiary/aromatic N) is 1. The fourth-order valence-corrected chi connectivity index (χ4v) is 2.93. The van der Waals surface area contributed by atoms with E-state index >= 15 is 0 Å². The van der Waals surface area contributed by atoms with Gasteiger partial charge in [0, 0.05) is 22.2 Å². The molecule has 0 spiro atoms. The molecule has 0 saturated heterocycles. The molecule has 20 heavy (non-hydrogen) atoms. The highest BCUT2D eigenvalue weighted by Gasteiger charge is 2.33. The minimum absolute atomic E-state index is 0.146. The van der Waals surface area contributed by atoms with E-state index in [4.69, 9.17) is 5.73 Å². The Morgan fingerprint density at radius 3 is 2.80 bits per heavy atom. The standard InChI is InChI=1S/C15H15FN2OS/c16-11-6-10(7-12(17)8-11)15(19)18(13-3-4-13)9-14-2-1-5-20-14/h1-2,5-8,13H,3-4,9,17H2. The summed E-state index contributed by atoms with van der Waals surface area (Å²) in [7, 11) is 0. The molecule has 3 nitrogen and oxygen atoms in total. The number of halogens is 1. The van der Waals surface area contributed by atoms with Crippen molar-refractivity contribution in [3.8, 4) is 0 Å². The van der Waals surface area contributed by atoms with E-state index in [2.05, 4.69) is 0 Å². The van der Waals surface area contributed by atoms with Crippen LogP contribution in [0.1, 0.15) is 28.1 Å². The van der Waals surface area contributed by atoms with Crippen molar-refractivity contribution in [2.75, 3.05) is 5.73 Å². The van der Waals surface area contributed by atoms with Gasteiger partial charge in [0.05, 0.1) is 6.54 Å². The summed E-state index contributed by atoms with van der Waals surface area (Å²) >= 11 is 1.62. The minimum Gasteiger partial charge on any atom is -0.399 e. The number of amides is 1. The Balaban J connectivity index is 1.85. The molecule has 0 unspecified atom stereocenters.